The number of hydrogen-bond donors (Lipinski definition) is 2. The zero-order valence-corrected chi connectivity index (χ0v) is 14.8. The molecular formula is C19H12Cl2N4O. The number of aromatic nitrogens is 4. The highest BCUT2D eigenvalue weighted by molar-refractivity contribution is 6.31. The first-order valence-electron chi connectivity index (χ1n) is 7.99. The number of furan rings is 1. The Bertz CT molecular complexity index is 1140. The summed E-state index contributed by atoms with van der Waals surface area (Å²) in [4.78, 5) is 15.2. The maximum Gasteiger partial charge on any atom is 0.137 e. The summed E-state index contributed by atoms with van der Waals surface area (Å²) < 4.78 is 5.77. The second kappa shape index (κ2) is 5.90. The minimum Gasteiger partial charge on any atom is -0.468 e. The first-order chi connectivity index (χ1) is 12.7. The summed E-state index contributed by atoms with van der Waals surface area (Å²) in [5, 5.41) is 3.06. The van der Waals surface area contributed by atoms with Crippen LogP contribution in [0.1, 0.15) is 22.8 Å². The average Bonchev–Trinajstić information content (AvgIpc) is 3.37. The average molecular weight is 383 g/mol. The number of nitrogens with one attached hydrogen (secondary N) is 2. The Morgan fingerprint density at radius 2 is 1.46 bits per heavy atom. The van der Waals surface area contributed by atoms with E-state index in [-0.39, 0.29) is 5.92 Å². The molecule has 0 aromatic carbocycles. The van der Waals surface area contributed by atoms with Crippen LogP contribution in [0.4, 0.5) is 0 Å². The van der Waals surface area contributed by atoms with Crippen molar-refractivity contribution in [2.75, 3.05) is 0 Å². The van der Waals surface area contributed by atoms with Crippen LogP contribution in [0.5, 0.6) is 0 Å². The summed E-state index contributed by atoms with van der Waals surface area (Å²) in [6.07, 6.45) is 8.81. The molecule has 0 unspecified atom stereocenters. The van der Waals surface area contributed by atoms with E-state index in [1.54, 1.807) is 18.7 Å². The van der Waals surface area contributed by atoms with Crippen molar-refractivity contribution in [3.8, 4) is 0 Å². The van der Waals surface area contributed by atoms with E-state index in [1.165, 1.54) is 0 Å². The van der Waals surface area contributed by atoms with Crippen LogP contribution in [-0.4, -0.2) is 19.9 Å². The molecule has 0 radical (unpaired) electrons. The van der Waals surface area contributed by atoms with Crippen LogP contribution in [0.3, 0.4) is 0 Å². The second-order valence-corrected chi connectivity index (χ2v) is 6.91. The fourth-order valence-corrected chi connectivity index (χ4v) is 3.72. The summed E-state index contributed by atoms with van der Waals surface area (Å²) in [6, 6.07) is 7.65. The molecule has 0 aliphatic rings. The van der Waals surface area contributed by atoms with Crippen molar-refractivity contribution in [1.82, 2.24) is 19.9 Å². The monoisotopic (exact) mass is 382 g/mol. The molecule has 0 amide bonds. The first-order valence-corrected chi connectivity index (χ1v) is 8.75. The SMILES string of the molecule is Clc1cnc2[nH]cc(C(c3ccco3)c3c[nH]c4ncc(Cl)cc34)c2c1. The Morgan fingerprint density at radius 3 is 1.96 bits per heavy atom. The van der Waals surface area contributed by atoms with Gasteiger partial charge in [0.25, 0.3) is 0 Å². The molecule has 7 heteroatoms. The number of halogens is 2. The van der Waals surface area contributed by atoms with Gasteiger partial charge < -0.3 is 14.4 Å². The Hall–Kier alpha value is -2.76. The molecule has 5 aromatic heterocycles. The lowest BCUT2D eigenvalue weighted by Gasteiger charge is -2.14. The van der Waals surface area contributed by atoms with Crippen LogP contribution in [0.2, 0.25) is 10.0 Å². The largest absolute Gasteiger partial charge is 0.468 e. The first kappa shape index (κ1) is 15.5. The summed E-state index contributed by atoms with van der Waals surface area (Å²) in [5.41, 5.74) is 3.59. The zero-order chi connectivity index (χ0) is 17.7. The van der Waals surface area contributed by atoms with Crippen LogP contribution in [0.15, 0.2) is 59.7 Å². The van der Waals surface area contributed by atoms with Gasteiger partial charge in [-0.3, -0.25) is 0 Å². The van der Waals surface area contributed by atoms with E-state index in [0.717, 1.165) is 39.0 Å². The van der Waals surface area contributed by atoms with Gasteiger partial charge in [-0.25, -0.2) is 9.97 Å². The predicted octanol–water partition coefficient (Wildman–Crippen LogP) is 5.52. The lowest BCUT2D eigenvalue weighted by Crippen LogP contribution is -2.01. The number of pyridine rings is 2. The summed E-state index contributed by atoms with van der Waals surface area (Å²) in [7, 11) is 0. The molecule has 128 valence electrons. The molecule has 0 saturated heterocycles. The standard InChI is InChI=1S/C19H12Cl2N4O/c20-10-4-12-14(8-24-18(12)22-6-10)17(16-2-1-3-26-16)15-9-25-19-13(15)5-11(21)7-23-19/h1-9,17H,(H,22,24)(H,23,25). The van der Waals surface area contributed by atoms with Crippen molar-refractivity contribution in [2.45, 2.75) is 5.92 Å². The van der Waals surface area contributed by atoms with E-state index in [1.807, 2.05) is 36.7 Å². The number of hydrogen-bond acceptors (Lipinski definition) is 3. The van der Waals surface area contributed by atoms with Gasteiger partial charge in [0.2, 0.25) is 0 Å². The Labute approximate surface area is 158 Å². The molecular weight excluding hydrogens is 371 g/mol. The zero-order valence-electron chi connectivity index (χ0n) is 13.3. The molecule has 0 aliphatic heterocycles. The normalized spacial score (nSPS) is 11.8. The maximum absolute atomic E-state index is 6.18. The van der Waals surface area contributed by atoms with Gasteiger partial charge >= 0.3 is 0 Å². The smallest absolute Gasteiger partial charge is 0.137 e. The Morgan fingerprint density at radius 1 is 0.885 bits per heavy atom. The van der Waals surface area contributed by atoms with Crippen molar-refractivity contribution in [3.05, 3.63) is 82.2 Å². The molecule has 5 aromatic rings. The van der Waals surface area contributed by atoms with Crippen LogP contribution >= 0.6 is 23.2 Å². The van der Waals surface area contributed by atoms with Gasteiger partial charge in [-0.15, -0.1) is 0 Å². The van der Waals surface area contributed by atoms with E-state index in [0.29, 0.717) is 10.0 Å². The van der Waals surface area contributed by atoms with Crippen molar-refractivity contribution in [1.29, 1.82) is 0 Å². The van der Waals surface area contributed by atoms with Crippen LogP contribution in [-0.2, 0) is 0 Å². The highest BCUT2D eigenvalue weighted by Crippen LogP contribution is 2.39. The molecule has 0 fully saturated rings. The molecule has 0 aliphatic carbocycles. The van der Waals surface area contributed by atoms with E-state index in [4.69, 9.17) is 27.6 Å². The highest BCUT2D eigenvalue weighted by Gasteiger charge is 2.26. The van der Waals surface area contributed by atoms with Gasteiger partial charge in [0, 0.05) is 35.6 Å². The molecule has 5 rings (SSSR count). The van der Waals surface area contributed by atoms with Gasteiger partial charge in [0.1, 0.15) is 17.1 Å². The molecule has 26 heavy (non-hydrogen) atoms. The second-order valence-electron chi connectivity index (χ2n) is 6.04. The third-order valence-electron chi connectivity index (χ3n) is 4.51. The molecule has 0 atom stereocenters. The fraction of sp³-hybridized carbons (Fsp3) is 0.0526. The Balaban J connectivity index is 1.81. The predicted molar refractivity (Wildman–Crippen MR) is 102 cm³/mol. The van der Waals surface area contributed by atoms with Gasteiger partial charge in [0.05, 0.1) is 22.2 Å². The maximum atomic E-state index is 6.18. The highest BCUT2D eigenvalue weighted by atomic mass is 35.5. The summed E-state index contributed by atoms with van der Waals surface area (Å²) in [5.74, 6) is 0.653. The summed E-state index contributed by atoms with van der Waals surface area (Å²) in [6.45, 7) is 0. The molecule has 0 bridgehead atoms. The number of rotatable bonds is 3. The molecule has 5 nitrogen and oxygen atoms in total. The number of nitrogens with zero attached hydrogens (tertiary/aromatic N) is 2. The summed E-state index contributed by atoms with van der Waals surface area (Å²) >= 11 is 12.4. The van der Waals surface area contributed by atoms with Crippen LogP contribution in [0, 0.1) is 0 Å². The third-order valence-corrected chi connectivity index (χ3v) is 4.92. The minimum atomic E-state index is -0.159. The lowest BCUT2D eigenvalue weighted by molar-refractivity contribution is 0.504. The van der Waals surface area contributed by atoms with Gasteiger partial charge in [-0.2, -0.15) is 0 Å². The molecule has 5 heterocycles. The number of H-pyrrole nitrogens is 2. The van der Waals surface area contributed by atoms with Crippen LogP contribution in [0.25, 0.3) is 22.1 Å². The minimum absolute atomic E-state index is 0.159. The van der Waals surface area contributed by atoms with E-state index < -0.39 is 0 Å². The van der Waals surface area contributed by atoms with Crippen molar-refractivity contribution >= 4 is 45.3 Å². The number of aromatic amines is 2. The van der Waals surface area contributed by atoms with E-state index in [2.05, 4.69) is 19.9 Å². The lowest BCUT2D eigenvalue weighted by atomic mass is 9.89. The van der Waals surface area contributed by atoms with Gasteiger partial charge in [0.15, 0.2) is 0 Å². The van der Waals surface area contributed by atoms with E-state index >= 15 is 0 Å². The number of fused-ring (bicyclic) bond motifs is 2. The quantitative estimate of drug-likeness (QED) is 0.431. The van der Waals surface area contributed by atoms with Crippen molar-refractivity contribution in [2.24, 2.45) is 0 Å². The molecule has 0 spiro atoms. The molecule has 0 saturated carbocycles. The van der Waals surface area contributed by atoms with Gasteiger partial charge in [-0.1, -0.05) is 23.2 Å². The van der Waals surface area contributed by atoms with E-state index in [9.17, 15) is 0 Å². The van der Waals surface area contributed by atoms with Crippen molar-refractivity contribution < 1.29 is 4.42 Å². The van der Waals surface area contributed by atoms with Gasteiger partial charge in [-0.05, 0) is 35.4 Å². The topological polar surface area (TPSA) is 70.5 Å². The molecule has 2 N–H and O–H groups in total. The Kier molecular flexibility index (Phi) is 3.51. The third kappa shape index (κ3) is 2.40. The van der Waals surface area contributed by atoms with Crippen molar-refractivity contribution in [3.63, 3.8) is 0 Å². The van der Waals surface area contributed by atoms with Crippen LogP contribution < -0.4 is 0 Å². The fourth-order valence-electron chi connectivity index (χ4n) is 3.40.